The lowest BCUT2D eigenvalue weighted by atomic mass is 9.86. The zero-order valence-corrected chi connectivity index (χ0v) is 18.2. The van der Waals surface area contributed by atoms with Crippen molar-refractivity contribution in [1.82, 2.24) is 0 Å². The van der Waals surface area contributed by atoms with Gasteiger partial charge in [0, 0.05) is 31.1 Å². The van der Waals surface area contributed by atoms with Crippen molar-refractivity contribution < 1.29 is 34.1 Å². The van der Waals surface area contributed by atoms with E-state index >= 15 is 0 Å². The van der Waals surface area contributed by atoms with Crippen LogP contribution < -0.4 is 15.8 Å². The highest BCUT2D eigenvalue weighted by atomic mass is 16.5. The van der Waals surface area contributed by atoms with Crippen molar-refractivity contribution >= 4 is 35.8 Å². The van der Waals surface area contributed by atoms with E-state index in [4.69, 9.17) is 20.4 Å². The molecule has 3 rings (SSSR count). The molecule has 0 atom stereocenters. The summed E-state index contributed by atoms with van der Waals surface area (Å²) in [5.74, 6) is -1.33. The number of hydrogen-bond donors (Lipinski definition) is 4. The number of hydrogen-bond acceptors (Lipinski definition) is 7. The van der Waals surface area contributed by atoms with E-state index in [1.165, 1.54) is 12.1 Å². The molecule has 2 aromatic rings. The van der Waals surface area contributed by atoms with E-state index in [9.17, 15) is 19.5 Å². The number of carboxylic acid groups (broad SMARTS) is 2. The SMILES string of the molecule is CNc1cccc2c1CC(=O)C(C(=O)Cc1ccc(C(=O)O)cc1OCCCN)=C2.O=CO. The number of nitrogens with one attached hydrogen (secondary N) is 1. The maximum Gasteiger partial charge on any atom is 0.335 e. The number of anilines is 1. The van der Waals surface area contributed by atoms with Gasteiger partial charge in [0.25, 0.3) is 6.47 Å². The van der Waals surface area contributed by atoms with Gasteiger partial charge in [-0.2, -0.15) is 0 Å². The Balaban J connectivity index is 0.00000122. The Hall–Kier alpha value is -3.98. The van der Waals surface area contributed by atoms with Crippen LogP contribution in [-0.2, 0) is 27.2 Å². The van der Waals surface area contributed by atoms with Crippen molar-refractivity contribution in [2.75, 3.05) is 25.5 Å². The average molecular weight is 454 g/mol. The Morgan fingerprint density at radius 3 is 2.61 bits per heavy atom. The summed E-state index contributed by atoms with van der Waals surface area (Å²) in [5.41, 5.74) is 8.80. The molecule has 33 heavy (non-hydrogen) atoms. The van der Waals surface area contributed by atoms with Gasteiger partial charge in [0.1, 0.15) is 5.75 Å². The van der Waals surface area contributed by atoms with Crippen LogP contribution in [0.4, 0.5) is 5.69 Å². The highest BCUT2D eigenvalue weighted by molar-refractivity contribution is 6.25. The van der Waals surface area contributed by atoms with Gasteiger partial charge in [-0.3, -0.25) is 14.4 Å². The molecule has 0 bridgehead atoms. The largest absolute Gasteiger partial charge is 0.493 e. The molecule has 0 radical (unpaired) electrons. The minimum Gasteiger partial charge on any atom is -0.493 e. The number of rotatable bonds is 9. The fourth-order valence-corrected chi connectivity index (χ4v) is 3.40. The summed E-state index contributed by atoms with van der Waals surface area (Å²) in [6.07, 6.45) is 2.32. The minimum atomic E-state index is -1.08. The van der Waals surface area contributed by atoms with Crippen molar-refractivity contribution in [1.29, 1.82) is 0 Å². The van der Waals surface area contributed by atoms with Crippen molar-refractivity contribution in [3.05, 3.63) is 64.2 Å². The van der Waals surface area contributed by atoms with Crippen molar-refractivity contribution in [2.24, 2.45) is 5.73 Å². The Morgan fingerprint density at radius 1 is 1.24 bits per heavy atom. The van der Waals surface area contributed by atoms with Crippen LogP contribution in [0.2, 0.25) is 0 Å². The number of allylic oxidation sites excluding steroid dienone is 1. The lowest BCUT2D eigenvalue weighted by Crippen LogP contribution is -2.21. The minimum absolute atomic E-state index is 0.0590. The molecule has 0 fully saturated rings. The normalized spacial score (nSPS) is 11.9. The van der Waals surface area contributed by atoms with Gasteiger partial charge in [0.15, 0.2) is 11.6 Å². The Kier molecular flexibility index (Phi) is 9.31. The third kappa shape index (κ3) is 6.50. The first-order chi connectivity index (χ1) is 15.9. The highest BCUT2D eigenvalue weighted by Crippen LogP contribution is 2.30. The van der Waals surface area contributed by atoms with Crippen LogP contribution in [-0.4, -0.2) is 54.4 Å². The number of ketones is 2. The second kappa shape index (κ2) is 12.2. The molecule has 0 saturated carbocycles. The second-order valence-electron chi connectivity index (χ2n) is 7.11. The lowest BCUT2D eigenvalue weighted by molar-refractivity contribution is -0.123. The van der Waals surface area contributed by atoms with Gasteiger partial charge < -0.3 is 26.0 Å². The standard InChI is InChI=1S/C23H24N2O5.CH2O2/c1-25-19-5-2-4-14-10-18(21(27)13-17(14)19)20(26)11-15-6-7-16(23(28)29)12-22(15)30-9-3-8-24;2-1-3/h2,4-7,10,12,25H,3,8-9,11,13,24H2,1H3,(H,28,29);1H,(H,2,3). The smallest absolute Gasteiger partial charge is 0.335 e. The lowest BCUT2D eigenvalue weighted by Gasteiger charge is -2.18. The maximum atomic E-state index is 12.9. The topological polar surface area (TPSA) is 156 Å². The van der Waals surface area contributed by atoms with E-state index in [1.807, 2.05) is 18.2 Å². The van der Waals surface area contributed by atoms with Crippen LogP contribution in [0.25, 0.3) is 6.08 Å². The molecule has 0 spiro atoms. The van der Waals surface area contributed by atoms with Crippen LogP contribution in [0, 0.1) is 0 Å². The van der Waals surface area contributed by atoms with Gasteiger partial charge in [-0.15, -0.1) is 0 Å². The number of nitrogens with two attached hydrogens (primary N) is 1. The summed E-state index contributed by atoms with van der Waals surface area (Å²) in [7, 11) is 1.79. The predicted octanol–water partition coefficient (Wildman–Crippen LogP) is 2.18. The van der Waals surface area contributed by atoms with Gasteiger partial charge >= 0.3 is 5.97 Å². The molecular formula is C24H26N2O7. The average Bonchev–Trinajstić information content (AvgIpc) is 2.79. The van der Waals surface area contributed by atoms with Crippen molar-refractivity contribution in [2.45, 2.75) is 19.3 Å². The third-order valence-corrected chi connectivity index (χ3v) is 4.99. The summed E-state index contributed by atoms with van der Waals surface area (Å²) in [6, 6.07) is 10.0. The molecule has 1 aliphatic carbocycles. The Morgan fingerprint density at radius 2 is 1.97 bits per heavy atom. The first-order valence-corrected chi connectivity index (χ1v) is 10.2. The van der Waals surface area contributed by atoms with Crippen molar-refractivity contribution in [3.8, 4) is 5.75 Å². The van der Waals surface area contributed by atoms with Crippen LogP contribution in [0.1, 0.15) is 33.5 Å². The van der Waals surface area contributed by atoms with Gasteiger partial charge in [-0.25, -0.2) is 4.79 Å². The second-order valence-corrected chi connectivity index (χ2v) is 7.11. The molecule has 0 unspecified atom stereocenters. The zero-order valence-electron chi connectivity index (χ0n) is 18.2. The number of carbonyl (C=O) groups excluding carboxylic acids is 2. The van der Waals surface area contributed by atoms with Crippen LogP contribution in [0.15, 0.2) is 42.0 Å². The summed E-state index contributed by atoms with van der Waals surface area (Å²) < 4.78 is 5.66. The number of ether oxygens (including phenoxy) is 1. The van der Waals surface area contributed by atoms with Gasteiger partial charge in [-0.1, -0.05) is 18.2 Å². The van der Waals surface area contributed by atoms with E-state index in [2.05, 4.69) is 5.32 Å². The molecule has 0 heterocycles. The number of carboxylic acids is 1. The Labute approximate surface area is 190 Å². The van der Waals surface area contributed by atoms with E-state index in [1.54, 1.807) is 19.2 Å². The first kappa shape index (κ1) is 25.3. The van der Waals surface area contributed by atoms with Gasteiger partial charge in [0.05, 0.1) is 17.7 Å². The molecule has 2 aromatic carbocycles. The predicted molar refractivity (Wildman–Crippen MR) is 123 cm³/mol. The molecule has 0 amide bonds. The number of aromatic carboxylic acids is 1. The summed E-state index contributed by atoms with van der Waals surface area (Å²) in [5, 5.41) is 19.2. The first-order valence-electron chi connectivity index (χ1n) is 10.2. The van der Waals surface area contributed by atoms with E-state index in [0.717, 1.165) is 16.8 Å². The molecule has 1 aliphatic rings. The molecule has 9 heteroatoms. The zero-order chi connectivity index (χ0) is 24.4. The van der Waals surface area contributed by atoms with Crippen LogP contribution in [0.5, 0.6) is 5.75 Å². The molecule has 174 valence electrons. The third-order valence-electron chi connectivity index (χ3n) is 4.99. The van der Waals surface area contributed by atoms with Gasteiger partial charge in [0.2, 0.25) is 0 Å². The fourth-order valence-electron chi connectivity index (χ4n) is 3.40. The van der Waals surface area contributed by atoms with Crippen LogP contribution in [0.3, 0.4) is 0 Å². The summed E-state index contributed by atoms with van der Waals surface area (Å²) in [6.45, 7) is 0.491. The van der Waals surface area contributed by atoms with E-state index in [0.29, 0.717) is 30.9 Å². The van der Waals surface area contributed by atoms with E-state index < -0.39 is 5.97 Å². The molecule has 0 aliphatic heterocycles. The fraction of sp³-hybridized carbons (Fsp3) is 0.250. The monoisotopic (exact) mass is 454 g/mol. The maximum absolute atomic E-state index is 12.9. The number of carbonyl (C=O) groups is 4. The summed E-state index contributed by atoms with van der Waals surface area (Å²) in [4.78, 5) is 45.2. The molecule has 5 N–H and O–H groups in total. The van der Waals surface area contributed by atoms with Crippen LogP contribution >= 0.6 is 0 Å². The number of benzene rings is 2. The van der Waals surface area contributed by atoms with Crippen molar-refractivity contribution in [3.63, 3.8) is 0 Å². The molecular weight excluding hydrogens is 428 g/mol. The quantitative estimate of drug-likeness (QED) is 0.253. The van der Waals surface area contributed by atoms with E-state index in [-0.39, 0.29) is 42.0 Å². The summed E-state index contributed by atoms with van der Waals surface area (Å²) >= 11 is 0. The Bertz CT molecular complexity index is 1080. The molecule has 0 saturated heterocycles. The number of fused-ring (bicyclic) bond motifs is 1. The number of Topliss-reactive ketones (excluding diaryl/α,β-unsaturated/α-hetero) is 2. The molecule has 9 nitrogen and oxygen atoms in total. The highest BCUT2D eigenvalue weighted by Gasteiger charge is 2.26. The molecule has 0 aromatic heterocycles. The van der Waals surface area contributed by atoms with Gasteiger partial charge in [-0.05, 0) is 48.4 Å².